The van der Waals surface area contributed by atoms with Gasteiger partial charge in [-0.3, -0.25) is 14.4 Å². The molecule has 198 valence electrons. The second-order valence-corrected chi connectivity index (χ2v) is 10.6. The first-order valence-corrected chi connectivity index (χ1v) is 12.5. The van der Waals surface area contributed by atoms with Gasteiger partial charge in [0.25, 0.3) is 0 Å². The molecule has 0 bridgehead atoms. The van der Waals surface area contributed by atoms with E-state index in [0.29, 0.717) is 16.8 Å². The topological polar surface area (TPSA) is 161 Å². The number of Topliss-reactive ketones (excluding diaryl/α,β-unsaturated/α-hetero) is 2. The van der Waals surface area contributed by atoms with E-state index in [2.05, 4.69) is 0 Å². The summed E-state index contributed by atoms with van der Waals surface area (Å²) in [4.78, 5) is 40.8. The highest BCUT2D eigenvalue weighted by atomic mass is 16.3. The number of carbonyl (C=O) groups is 3. The average molecular weight is 519 g/mol. The molecule has 3 aliphatic carbocycles. The van der Waals surface area contributed by atoms with Gasteiger partial charge >= 0.3 is 0 Å². The van der Waals surface area contributed by atoms with E-state index in [9.17, 15) is 34.8 Å². The largest absolute Gasteiger partial charge is 0.508 e. The minimum Gasteiger partial charge on any atom is -0.508 e. The van der Waals surface area contributed by atoms with Gasteiger partial charge in [-0.2, -0.15) is 0 Å². The Labute approximate surface area is 219 Å². The molecule has 2 unspecified atom stereocenters. The Hall–Kier alpha value is -3.95. The summed E-state index contributed by atoms with van der Waals surface area (Å²) < 4.78 is 0. The summed E-state index contributed by atoms with van der Waals surface area (Å²) in [6.07, 6.45) is 2.35. The summed E-state index contributed by atoms with van der Waals surface area (Å²) in [7, 11) is 3.65. The van der Waals surface area contributed by atoms with E-state index in [0.717, 1.165) is 5.56 Å². The van der Waals surface area contributed by atoms with Crippen LogP contribution in [0, 0.1) is 17.8 Å². The highest BCUT2D eigenvalue weighted by Crippen LogP contribution is 2.53. The number of carbonyl (C=O) groups excluding carboxylic acids is 3. The second-order valence-electron chi connectivity index (χ2n) is 10.6. The second kappa shape index (κ2) is 9.11. The van der Waals surface area contributed by atoms with E-state index in [-0.39, 0.29) is 36.1 Å². The Morgan fingerprint density at radius 3 is 2.42 bits per heavy atom. The van der Waals surface area contributed by atoms with Gasteiger partial charge in [-0.15, -0.1) is 0 Å². The first-order valence-electron chi connectivity index (χ1n) is 12.5. The number of anilines is 1. The van der Waals surface area contributed by atoms with Crippen molar-refractivity contribution in [2.24, 2.45) is 23.5 Å². The third-order valence-corrected chi connectivity index (χ3v) is 8.13. The number of ketones is 2. The number of nitrogens with two attached hydrogens (primary N) is 1. The summed E-state index contributed by atoms with van der Waals surface area (Å²) in [6, 6.07) is 11.2. The normalized spacial score (nSPS) is 28.6. The van der Waals surface area contributed by atoms with Crippen LogP contribution >= 0.6 is 0 Å². The molecule has 1 fully saturated rings. The molecular formula is C29H30N2O7. The van der Waals surface area contributed by atoms with E-state index in [1.165, 1.54) is 0 Å². The third kappa shape index (κ3) is 3.73. The van der Waals surface area contributed by atoms with E-state index in [4.69, 9.17) is 5.73 Å². The molecule has 0 spiro atoms. The number of fused-ring (bicyclic) bond motifs is 3. The van der Waals surface area contributed by atoms with E-state index in [1.54, 1.807) is 18.2 Å². The Balaban J connectivity index is 1.65. The Kier molecular flexibility index (Phi) is 6.16. The van der Waals surface area contributed by atoms with E-state index in [1.807, 2.05) is 49.3 Å². The molecule has 0 heterocycles. The van der Waals surface area contributed by atoms with Crippen molar-refractivity contribution in [2.75, 3.05) is 19.0 Å². The number of phenols is 1. The maximum Gasteiger partial charge on any atom is 0.230 e. The molecule has 1 saturated carbocycles. The lowest BCUT2D eigenvalue weighted by Gasteiger charge is -2.48. The maximum atomic E-state index is 13.9. The number of aliphatic hydroxyl groups is 3. The molecule has 6 N–H and O–H groups in total. The number of hydrogen-bond acceptors (Lipinski definition) is 8. The van der Waals surface area contributed by atoms with Gasteiger partial charge in [-0.25, -0.2) is 0 Å². The number of aromatic hydroxyl groups is 1. The predicted octanol–water partition coefficient (Wildman–Crippen LogP) is 1.98. The van der Waals surface area contributed by atoms with E-state index < -0.39 is 52.7 Å². The van der Waals surface area contributed by atoms with Crippen LogP contribution in [0.1, 0.15) is 39.9 Å². The Morgan fingerprint density at radius 2 is 1.79 bits per heavy atom. The fourth-order valence-electron chi connectivity index (χ4n) is 6.27. The molecule has 0 aromatic heterocycles. The molecule has 9 nitrogen and oxygen atoms in total. The minimum atomic E-state index is -2.53. The number of rotatable bonds is 4. The molecule has 0 radical (unpaired) electrons. The smallest absolute Gasteiger partial charge is 0.230 e. The van der Waals surface area contributed by atoms with Crippen molar-refractivity contribution in [3.05, 3.63) is 70.0 Å². The van der Waals surface area contributed by atoms with Crippen molar-refractivity contribution in [1.82, 2.24) is 0 Å². The number of amides is 1. The van der Waals surface area contributed by atoms with Gasteiger partial charge in [0.2, 0.25) is 5.91 Å². The van der Waals surface area contributed by atoms with Crippen LogP contribution in [0.2, 0.25) is 0 Å². The number of primary amides is 1. The van der Waals surface area contributed by atoms with Gasteiger partial charge in [-0.1, -0.05) is 42.5 Å². The molecular weight excluding hydrogens is 488 g/mol. The van der Waals surface area contributed by atoms with Crippen molar-refractivity contribution < 1.29 is 34.8 Å². The van der Waals surface area contributed by atoms with Crippen LogP contribution in [-0.2, 0) is 16.0 Å². The van der Waals surface area contributed by atoms with Gasteiger partial charge in [-0.05, 0) is 42.4 Å². The lowest BCUT2D eigenvalue weighted by atomic mass is 9.57. The van der Waals surface area contributed by atoms with E-state index >= 15 is 0 Å². The summed E-state index contributed by atoms with van der Waals surface area (Å²) in [5.74, 6) is -7.19. The molecule has 38 heavy (non-hydrogen) atoms. The first-order chi connectivity index (χ1) is 18.0. The quantitative estimate of drug-likeness (QED) is 0.303. The fourth-order valence-corrected chi connectivity index (χ4v) is 6.27. The maximum absolute atomic E-state index is 13.9. The third-order valence-electron chi connectivity index (χ3n) is 8.13. The molecule has 2 aromatic carbocycles. The molecule has 5 rings (SSSR count). The minimum absolute atomic E-state index is 0.00138. The van der Waals surface area contributed by atoms with Crippen LogP contribution in [-0.4, -0.2) is 63.7 Å². The molecule has 0 saturated heterocycles. The highest BCUT2D eigenvalue weighted by molar-refractivity contribution is 6.16. The first kappa shape index (κ1) is 25.7. The van der Waals surface area contributed by atoms with Crippen molar-refractivity contribution in [3.63, 3.8) is 0 Å². The van der Waals surface area contributed by atoms with Gasteiger partial charge in [0.1, 0.15) is 17.4 Å². The van der Waals surface area contributed by atoms with Crippen LogP contribution in [0.15, 0.2) is 47.7 Å². The average Bonchev–Trinajstić information content (AvgIpc) is 2.86. The zero-order valence-electron chi connectivity index (χ0n) is 21.1. The van der Waals surface area contributed by atoms with Crippen LogP contribution < -0.4 is 10.6 Å². The summed E-state index contributed by atoms with van der Waals surface area (Å²) in [6.45, 7) is 0. The molecule has 9 heteroatoms. The van der Waals surface area contributed by atoms with Gasteiger partial charge in [0, 0.05) is 36.8 Å². The van der Waals surface area contributed by atoms with Gasteiger partial charge < -0.3 is 31.1 Å². The highest BCUT2D eigenvalue weighted by Gasteiger charge is 2.62. The summed E-state index contributed by atoms with van der Waals surface area (Å²) in [5.41, 5.74) is 5.22. The molecule has 1 amide bonds. The van der Waals surface area contributed by atoms with Crippen molar-refractivity contribution in [1.29, 1.82) is 0 Å². The number of nitrogens with zero attached hydrogens (tertiary/aromatic N) is 1. The lowest BCUT2D eigenvalue weighted by Crippen LogP contribution is -2.63. The molecule has 3 aliphatic rings. The van der Waals surface area contributed by atoms with Crippen LogP contribution in [0.4, 0.5) is 5.69 Å². The monoisotopic (exact) mass is 518 g/mol. The fraction of sp³-hybridized carbons (Fsp3) is 0.345. The molecule has 0 aliphatic heterocycles. The number of allylic oxidation sites excluding steroid dienone is 1. The SMILES string of the molecule is CN(C)c1cc(/C=C/c2ccccc2)c(O)c2c1C[C@H]1C[C@H]3CC(O)C(C(N)=O)C(=O)[C@@]3(O)C(O)=C1C2=O. The van der Waals surface area contributed by atoms with Gasteiger partial charge in [0.05, 0.1) is 11.7 Å². The number of benzene rings is 2. The van der Waals surface area contributed by atoms with Crippen LogP contribution in [0.5, 0.6) is 5.75 Å². The van der Waals surface area contributed by atoms with Crippen molar-refractivity contribution >= 4 is 35.3 Å². The van der Waals surface area contributed by atoms with Crippen LogP contribution in [0.3, 0.4) is 0 Å². The van der Waals surface area contributed by atoms with Crippen molar-refractivity contribution in [2.45, 2.75) is 31.0 Å². The Bertz CT molecular complexity index is 1410. The molecule has 2 aromatic rings. The van der Waals surface area contributed by atoms with Crippen molar-refractivity contribution in [3.8, 4) is 5.75 Å². The standard InChI is InChI=1S/C29H30N2O7/c1-31(2)19-12-15(9-8-14-6-4-3-5-7-14)24(33)22-18(19)11-16-10-17-13-20(32)23(28(30)37)27(36)29(17,38)26(35)21(16)25(22)34/h3-9,12,16-17,20,23,32-33,35,38H,10-11,13H2,1-2H3,(H2,30,37)/b9-8+/t16-,17+,20?,23?,29+/m1/s1. The number of hydrogen-bond donors (Lipinski definition) is 5. The summed E-state index contributed by atoms with van der Waals surface area (Å²) >= 11 is 0. The number of phenolic OH excluding ortho intramolecular Hbond substituents is 1. The predicted molar refractivity (Wildman–Crippen MR) is 140 cm³/mol. The summed E-state index contributed by atoms with van der Waals surface area (Å²) in [5, 5.41) is 44.4. The molecule has 5 atom stereocenters. The number of aliphatic hydroxyl groups excluding tert-OH is 2. The Morgan fingerprint density at radius 1 is 1.11 bits per heavy atom. The van der Waals surface area contributed by atoms with Crippen LogP contribution in [0.25, 0.3) is 12.2 Å². The zero-order valence-corrected chi connectivity index (χ0v) is 21.1. The van der Waals surface area contributed by atoms with Gasteiger partial charge in [0.15, 0.2) is 17.2 Å². The lowest BCUT2D eigenvalue weighted by molar-refractivity contribution is -0.167. The zero-order chi connectivity index (χ0) is 27.5.